The van der Waals surface area contributed by atoms with Crippen molar-refractivity contribution in [1.82, 2.24) is 0 Å². The van der Waals surface area contributed by atoms with Gasteiger partial charge in [0.15, 0.2) is 6.61 Å². The summed E-state index contributed by atoms with van der Waals surface area (Å²) in [5.74, 6) is -0.648. The summed E-state index contributed by atoms with van der Waals surface area (Å²) in [4.78, 5) is 32.5. The van der Waals surface area contributed by atoms with E-state index in [0.717, 1.165) is 24.8 Å². The van der Waals surface area contributed by atoms with Gasteiger partial charge >= 0.3 is 11.4 Å². The summed E-state index contributed by atoms with van der Waals surface area (Å²) >= 11 is 0. The van der Waals surface area contributed by atoms with Crippen LogP contribution in [0.2, 0.25) is 0 Å². The van der Waals surface area contributed by atoms with Gasteiger partial charge in [0.05, 0.1) is 22.6 Å². The summed E-state index contributed by atoms with van der Waals surface area (Å²) in [6.07, 6.45) is 0. The number of nitrogens with one attached hydrogen (secondary N) is 1. The van der Waals surface area contributed by atoms with E-state index in [1.165, 1.54) is 0 Å². The predicted molar refractivity (Wildman–Crippen MR) is 91.6 cm³/mol. The molecule has 0 saturated heterocycles. The highest BCUT2D eigenvalue weighted by Crippen LogP contribution is 2.39. The van der Waals surface area contributed by atoms with Crippen molar-refractivity contribution in [1.29, 1.82) is 0 Å². The van der Waals surface area contributed by atoms with E-state index in [2.05, 4.69) is 5.32 Å². The lowest BCUT2D eigenvalue weighted by molar-refractivity contribution is -0.395. The zero-order valence-electron chi connectivity index (χ0n) is 13.9. The van der Waals surface area contributed by atoms with Crippen molar-refractivity contribution in [3.05, 3.63) is 62.2 Å². The number of amides is 1. The third kappa shape index (κ3) is 4.44. The van der Waals surface area contributed by atoms with Gasteiger partial charge in [-0.1, -0.05) is 17.7 Å². The number of benzene rings is 2. The zero-order valence-corrected chi connectivity index (χ0v) is 13.9. The molecular weight excluding hydrogens is 346 g/mol. The molecular formula is C16H15N3O7. The van der Waals surface area contributed by atoms with Gasteiger partial charge in [-0.2, -0.15) is 0 Å². The molecule has 136 valence electrons. The molecule has 2 rings (SSSR count). The first-order valence-electron chi connectivity index (χ1n) is 7.32. The molecule has 0 aromatic heterocycles. The normalized spacial score (nSPS) is 10.1. The minimum atomic E-state index is -0.829. The topological polar surface area (TPSA) is 134 Å². The van der Waals surface area contributed by atoms with E-state index in [1.807, 2.05) is 19.1 Å². The zero-order chi connectivity index (χ0) is 19.3. The average molecular weight is 361 g/mol. The number of nitro groups is 2. The van der Waals surface area contributed by atoms with E-state index < -0.39 is 32.9 Å². The van der Waals surface area contributed by atoms with E-state index >= 15 is 0 Å². The van der Waals surface area contributed by atoms with E-state index in [0.29, 0.717) is 5.75 Å². The Labute approximate surface area is 147 Å². The van der Waals surface area contributed by atoms with Crippen LogP contribution in [0.3, 0.4) is 0 Å². The lowest BCUT2D eigenvalue weighted by Crippen LogP contribution is -2.20. The molecule has 10 nitrogen and oxygen atoms in total. The highest BCUT2D eigenvalue weighted by molar-refractivity contribution is 5.93. The predicted octanol–water partition coefficient (Wildman–Crippen LogP) is 2.84. The van der Waals surface area contributed by atoms with Crippen LogP contribution in [0.5, 0.6) is 11.5 Å². The van der Waals surface area contributed by atoms with Gasteiger partial charge in [-0.25, -0.2) is 0 Å². The lowest BCUT2D eigenvalue weighted by atomic mass is 10.2. The number of hydrogen-bond donors (Lipinski definition) is 1. The Morgan fingerprint density at radius 3 is 2.08 bits per heavy atom. The highest BCUT2D eigenvalue weighted by Gasteiger charge is 2.28. The summed E-state index contributed by atoms with van der Waals surface area (Å²) in [5, 5.41) is 24.5. The second-order valence-corrected chi connectivity index (χ2v) is 5.21. The minimum absolute atomic E-state index is 0.110. The Morgan fingerprint density at radius 1 is 1.08 bits per heavy atom. The quantitative estimate of drug-likeness (QED) is 0.592. The van der Waals surface area contributed by atoms with Crippen molar-refractivity contribution in [3.8, 4) is 11.5 Å². The fraction of sp³-hybridized carbons (Fsp3) is 0.188. The van der Waals surface area contributed by atoms with Gasteiger partial charge in [0.2, 0.25) is 0 Å². The summed E-state index contributed by atoms with van der Waals surface area (Å²) in [6, 6.07) is 8.95. The van der Waals surface area contributed by atoms with Gasteiger partial charge in [0.1, 0.15) is 5.75 Å². The number of carbonyl (C=O) groups is 1. The first-order valence-corrected chi connectivity index (χ1v) is 7.32. The van der Waals surface area contributed by atoms with Crippen LogP contribution in [0.4, 0.5) is 17.1 Å². The Bertz CT molecular complexity index is 814. The van der Waals surface area contributed by atoms with Crippen LogP contribution < -0.4 is 14.8 Å². The molecule has 0 saturated carbocycles. The number of aryl methyl sites for hydroxylation is 1. The second kappa shape index (κ2) is 7.92. The first kappa shape index (κ1) is 18.6. The molecule has 0 aliphatic carbocycles. The molecule has 0 atom stereocenters. The lowest BCUT2D eigenvalue weighted by Gasteiger charge is -2.09. The van der Waals surface area contributed by atoms with Crippen LogP contribution in [-0.2, 0) is 4.79 Å². The summed E-state index contributed by atoms with van der Waals surface area (Å²) in [5.41, 5.74) is -0.339. The number of carbonyl (C=O) groups excluding carboxylic acids is 1. The number of methoxy groups -OCH3 is 1. The van der Waals surface area contributed by atoms with Gasteiger partial charge in [-0.3, -0.25) is 25.0 Å². The maximum atomic E-state index is 12.0. The first-order chi connectivity index (χ1) is 12.3. The molecule has 0 aliphatic heterocycles. The smallest absolute Gasteiger partial charge is 0.320 e. The van der Waals surface area contributed by atoms with Crippen molar-refractivity contribution in [3.63, 3.8) is 0 Å². The summed E-state index contributed by atoms with van der Waals surface area (Å²) < 4.78 is 10.0. The van der Waals surface area contributed by atoms with Crippen molar-refractivity contribution in [2.75, 3.05) is 19.0 Å². The Hall–Kier alpha value is -3.69. The largest absolute Gasteiger partial charge is 0.485 e. The molecule has 1 amide bonds. The molecule has 0 spiro atoms. The van der Waals surface area contributed by atoms with Crippen LogP contribution in [0, 0.1) is 27.2 Å². The molecule has 0 aliphatic rings. The summed E-state index contributed by atoms with van der Waals surface area (Å²) in [7, 11) is 1.09. The van der Waals surface area contributed by atoms with E-state index in [4.69, 9.17) is 9.47 Å². The van der Waals surface area contributed by atoms with Gasteiger partial charge in [-0.15, -0.1) is 0 Å². The van der Waals surface area contributed by atoms with E-state index in [-0.39, 0.29) is 12.3 Å². The Morgan fingerprint density at radius 2 is 1.62 bits per heavy atom. The number of hydrogen-bond acceptors (Lipinski definition) is 7. The Kier molecular flexibility index (Phi) is 5.68. The van der Waals surface area contributed by atoms with Crippen molar-refractivity contribution in [2.24, 2.45) is 0 Å². The summed E-state index contributed by atoms with van der Waals surface area (Å²) in [6.45, 7) is 1.54. The fourth-order valence-electron chi connectivity index (χ4n) is 2.13. The third-order valence-electron chi connectivity index (χ3n) is 3.32. The van der Waals surface area contributed by atoms with Crippen molar-refractivity contribution < 1.29 is 24.1 Å². The molecule has 0 heterocycles. The van der Waals surface area contributed by atoms with Crippen LogP contribution in [0.1, 0.15) is 5.56 Å². The van der Waals surface area contributed by atoms with Gasteiger partial charge in [-0.05, 0) is 19.1 Å². The molecule has 2 aromatic rings. The molecule has 0 bridgehead atoms. The molecule has 0 radical (unpaired) electrons. The number of nitro benzene ring substituents is 2. The van der Waals surface area contributed by atoms with Crippen molar-refractivity contribution in [2.45, 2.75) is 6.92 Å². The highest BCUT2D eigenvalue weighted by atomic mass is 16.6. The number of anilines is 1. The Balaban J connectivity index is 2.17. The molecule has 2 aromatic carbocycles. The number of nitrogens with zero attached hydrogens (tertiary/aromatic N) is 2. The number of ether oxygens (including phenoxy) is 2. The fourth-order valence-corrected chi connectivity index (χ4v) is 2.13. The van der Waals surface area contributed by atoms with Crippen LogP contribution in [-0.4, -0.2) is 29.5 Å². The standard InChI is InChI=1S/C16H15N3O7/c1-10-3-5-12(6-4-10)26-9-15(20)17-11-7-13(18(21)22)16(25-2)14(8-11)19(23)24/h3-8H,9H2,1-2H3,(H,17,20). The minimum Gasteiger partial charge on any atom is -0.485 e. The maximum absolute atomic E-state index is 12.0. The molecule has 0 fully saturated rings. The van der Waals surface area contributed by atoms with E-state index in [1.54, 1.807) is 12.1 Å². The van der Waals surface area contributed by atoms with Crippen molar-refractivity contribution >= 4 is 23.0 Å². The maximum Gasteiger partial charge on any atom is 0.320 e. The molecule has 26 heavy (non-hydrogen) atoms. The average Bonchev–Trinajstić information content (AvgIpc) is 2.60. The van der Waals surface area contributed by atoms with Crippen LogP contribution in [0.25, 0.3) is 0 Å². The molecule has 1 N–H and O–H groups in total. The van der Waals surface area contributed by atoms with E-state index in [9.17, 15) is 25.0 Å². The van der Waals surface area contributed by atoms with Gasteiger partial charge in [0, 0.05) is 12.1 Å². The van der Waals surface area contributed by atoms with Gasteiger partial charge < -0.3 is 14.8 Å². The molecule has 10 heteroatoms. The monoisotopic (exact) mass is 361 g/mol. The number of rotatable bonds is 7. The van der Waals surface area contributed by atoms with Gasteiger partial charge in [0.25, 0.3) is 11.7 Å². The SMILES string of the molecule is COc1c([N+](=O)[O-])cc(NC(=O)COc2ccc(C)cc2)cc1[N+](=O)[O-]. The third-order valence-corrected chi connectivity index (χ3v) is 3.32. The molecule has 0 unspecified atom stereocenters. The van der Waals surface area contributed by atoms with Crippen LogP contribution >= 0.6 is 0 Å². The van der Waals surface area contributed by atoms with Crippen LogP contribution in [0.15, 0.2) is 36.4 Å². The second-order valence-electron chi connectivity index (χ2n) is 5.21.